The van der Waals surface area contributed by atoms with Crippen molar-refractivity contribution in [3.63, 3.8) is 0 Å². The van der Waals surface area contributed by atoms with E-state index in [1.54, 1.807) is 0 Å². The summed E-state index contributed by atoms with van der Waals surface area (Å²) in [5, 5.41) is 0. The number of rotatable bonds is 6. The van der Waals surface area contributed by atoms with E-state index in [9.17, 15) is 4.70 Å². The van der Waals surface area contributed by atoms with Gasteiger partial charge in [-0.1, -0.05) is 0 Å². The maximum absolute atomic E-state index is 10.3. The van der Waals surface area contributed by atoms with Crippen molar-refractivity contribution in [3.8, 4) is 0 Å². The number of hydrogen-bond donors (Lipinski definition) is 0. The van der Waals surface area contributed by atoms with Crippen molar-refractivity contribution in [3.05, 3.63) is 35.9 Å². The zero-order valence-corrected chi connectivity index (χ0v) is 8.65. The molecule has 0 aliphatic heterocycles. The first kappa shape index (κ1) is 11.1. The molecule has 0 fully saturated rings. The van der Waals surface area contributed by atoms with Crippen LogP contribution in [-0.2, 0) is 11.1 Å². The predicted molar refractivity (Wildman–Crippen MR) is 58.7 cm³/mol. The van der Waals surface area contributed by atoms with Gasteiger partial charge in [-0.05, 0) is 0 Å². The molecule has 2 nitrogen and oxygen atoms in total. The molecule has 1 aromatic rings. The Morgan fingerprint density at radius 2 is 2.00 bits per heavy atom. The molecule has 0 N–H and O–H groups in total. The van der Waals surface area contributed by atoms with Crippen LogP contribution in [0.15, 0.2) is 30.3 Å². The Morgan fingerprint density at radius 3 is 2.57 bits per heavy atom. The summed E-state index contributed by atoms with van der Waals surface area (Å²) in [4.78, 5) is 2.14. The van der Waals surface area contributed by atoms with Crippen LogP contribution in [0.1, 0.15) is 12.5 Å². The molecule has 0 saturated carbocycles. The average molecular weight is 189 g/mol. The van der Waals surface area contributed by atoms with Crippen LogP contribution in [0.4, 0.5) is 0 Å². The van der Waals surface area contributed by atoms with Gasteiger partial charge in [0.2, 0.25) is 0 Å². The van der Waals surface area contributed by atoms with Gasteiger partial charge in [0, 0.05) is 0 Å². The fourth-order valence-corrected chi connectivity index (χ4v) is 1.42. The van der Waals surface area contributed by atoms with Gasteiger partial charge in [-0.25, -0.2) is 0 Å². The molecule has 1 aromatic carbocycles. The van der Waals surface area contributed by atoms with Gasteiger partial charge < -0.3 is 0 Å². The van der Waals surface area contributed by atoms with Crippen molar-refractivity contribution < 1.29 is 4.70 Å². The van der Waals surface area contributed by atoms with Gasteiger partial charge in [-0.3, -0.25) is 0 Å². The summed E-state index contributed by atoms with van der Waals surface area (Å²) >= 11 is 0. The summed E-state index contributed by atoms with van der Waals surface area (Å²) in [7, 11) is 0.967. The van der Waals surface area contributed by atoms with Crippen LogP contribution in [0.3, 0.4) is 0 Å². The van der Waals surface area contributed by atoms with E-state index in [1.165, 1.54) is 5.56 Å². The third kappa shape index (κ3) is 3.84. The topological polar surface area (TPSA) is 20.3 Å². The van der Waals surface area contributed by atoms with Gasteiger partial charge in [-0.15, -0.1) is 0 Å². The number of nitrogens with zero attached hydrogens (tertiary/aromatic N) is 1. The van der Waals surface area contributed by atoms with Crippen LogP contribution in [0.25, 0.3) is 0 Å². The zero-order valence-electron chi connectivity index (χ0n) is 8.65. The first-order valence-electron chi connectivity index (χ1n) is 5.06. The fraction of sp³-hybridized carbons (Fsp3) is 0.455. The Hall–Kier alpha value is -0.955. The molecule has 0 saturated heterocycles. The number of hydrogen-bond acceptors (Lipinski definition) is 2. The molecule has 0 radical (unpaired) electrons. The van der Waals surface area contributed by atoms with Crippen LogP contribution in [-0.4, -0.2) is 31.6 Å². The van der Waals surface area contributed by atoms with E-state index >= 15 is 0 Å². The molecule has 0 amide bonds. The van der Waals surface area contributed by atoms with Crippen molar-refractivity contribution >= 4 is 7.15 Å². The molecule has 0 bridgehead atoms. The third-order valence-electron chi connectivity index (χ3n) is 2.34. The van der Waals surface area contributed by atoms with Gasteiger partial charge in [-0.2, -0.15) is 0 Å². The van der Waals surface area contributed by atoms with Crippen LogP contribution < -0.4 is 0 Å². The van der Waals surface area contributed by atoms with Crippen LogP contribution in [0, 0.1) is 0 Å². The Morgan fingerprint density at radius 1 is 1.29 bits per heavy atom. The molecular weight excluding hydrogens is 173 g/mol. The van der Waals surface area contributed by atoms with Gasteiger partial charge in [0.25, 0.3) is 0 Å². The minimum absolute atomic E-state index is 0.545. The molecule has 0 unspecified atom stereocenters. The summed E-state index contributed by atoms with van der Waals surface area (Å²) in [5.74, 6) is 0. The van der Waals surface area contributed by atoms with Crippen molar-refractivity contribution in [2.45, 2.75) is 13.3 Å². The first-order valence-corrected chi connectivity index (χ1v) is 5.06. The fourth-order valence-electron chi connectivity index (χ4n) is 1.42. The molecule has 74 valence electrons. The summed E-state index contributed by atoms with van der Waals surface area (Å²) in [6.07, 6.45) is 1.56. The molecule has 14 heavy (non-hydrogen) atoms. The summed E-state index contributed by atoms with van der Waals surface area (Å²) in [5.41, 5.74) is 1.33. The first-order chi connectivity index (χ1) is 6.86. The predicted octanol–water partition coefficient (Wildman–Crippen LogP) is 1.56. The quantitative estimate of drug-likeness (QED) is 0.633. The summed E-state index contributed by atoms with van der Waals surface area (Å²) in [6, 6.07) is 10.4. The summed E-state index contributed by atoms with van der Waals surface area (Å²) < 4.78 is 10.3. The van der Waals surface area contributed by atoms with Crippen LogP contribution >= 0.6 is 0 Å². The van der Waals surface area contributed by atoms with Crippen LogP contribution in [0.2, 0.25) is 0 Å². The van der Waals surface area contributed by atoms with E-state index in [1.807, 2.05) is 18.2 Å². The second-order valence-electron chi connectivity index (χ2n) is 3.30. The molecule has 3 heteroatoms. The molecule has 0 aliphatic rings. The zero-order chi connectivity index (χ0) is 10.2. The van der Waals surface area contributed by atoms with Crippen molar-refractivity contribution in [1.82, 2.24) is 4.90 Å². The number of benzene rings is 1. The number of likely N-dealkylation sites (N-methyl/N-ethyl adjacent to an activating group) is 1. The molecule has 0 aromatic heterocycles. The van der Waals surface area contributed by atoms with E-state index in [-0.39, 0.29) is 0 Å². The molecule has 0 spiro atoms. The van der Waals surface area contributed by atoms with E-state index < -0.39 is 0 Å². The molecule has 1 rings (SSSR count). The van der Waals surface area contributed by atoms with E-state index in [0.717, 1.165) is 26.7 Å². The third-order valence-corrected chi connectivity index (χ3v) is 2.34. The Labute approximate surface area is 86.2 Å². The maximum atomic E-state index is 10.3. The second-order valence-corrected chi connectivity index (χ2v) is 3.30. The van der Waals surface area contributed by atoms with Gasteiger partial charge in [0.05, 0.1) is 0 Å². The molecular formula is C11H16BNO. The Kier molecular flexibility index (Phi) is 5.16. The second kappa shape index (κ2) is 6.49. The normalized spacial score (nSPS) is 10.1. The van der Waals surface area contributed by atoms with Gasteiger partial charge in [0.1, 0.15) is 0 Å². The standard InChI is InChI=1S/C11H16BNO/c1-2-13(10-12-14)9-8-11-6-4-3-5-7-11/h3-7H,2,8-10H2,1H3. The molecule has 0 heterocycles. The van der Waals surface area contributed by atoms with E-state index in [0.29, 0.717) is 6.44 Å². The molecule has 0 atom stereocenters. The minimum atomic E-state index is 0.545. The van der Waals surface area contributed by atoms with Gasteiger partial charge in [0.15, 0.2) is 0 Å². The van der Waals surface area contributed by atoms with E-state index in [2.05, 4.69) is 24.0 Å². The van der Waals surface area contributed by atoms with Crippen LogP contribution in [0.5, 0.6) is 0 Å². The summed E-state index contributed by atoms with van der Waals surface area (Å²) in [6.45, 7) is 3.97. The van der Waals surface area contributed by atoms with E-state index in [4.69, 9.17) is 0 Å². The monoisotopic (exact) mass is 189 g/mol. The van der Waals surface area contributed by atoms with Crippen molar-refractivity contribution in [2.24, 2.45) is 0 Å². The average Bonchev–Trinajstić information content (AvgIpc) is 2.25. The SMILES string of the molecule is CCN(CB=O)CCc1ccccc1. The van der Waals surface area contributed by atoms with Crippen molar-refractivity contribution in [2.75, 3.05) is 19.5 Å². The Bertz CT molecular complexity index is 263. The Balaban J connectivity index is 2.35. The van der Waals surface area contributed by atoms with Crippen molar-refractivity contribution in [1.29, 1.82) is 0 Å². The molecule has 0 aliphatic carbocycles. The van der Waals surface area contributed by atoms with Gasteiger partial charge >= 0.3 is 85.5 Å².